The van der Waals surface area contributed by atoms with Gasteiger partial charge < -0.3 is 21.1 Å². The van der Waals surface area contributed by atoms with Crippen LogP contribution in [0.5, 0.6) is 0 Å². The van der Waals surface area contributed by atoms with Gasteiger partial charge >= 0.3 is 7.82 Å². The topological polar surface area (TPSA) is 131 Å². The van der Waals surface area contributed by atoms with Crippen molar-refractivity contribution in [3.8, 4) is 0 Å². The Labute approximate surface area is 392 Å². The zero-order valence-corrected chi connectivity index (χ0v) is 43.0. The first-order valence-corrected chi connectivity index (χ1v) is 29.3. The third-order valence-electron chi connectivity index (χ3n) is 12.9. The Morgan fingerprint density at radius 1 is 0.508 bits per heavy atom. The first kappa shape index (κ1) is 62.2. The van der Waals surface area contributed by atoms with E-state index in [0.717, 1.165) is 38.5 Å². The molecule has 5 N–H and O–H groups in total. The fourth-order valence-corrected chi connectivity index (χ4v) is 9.43. The number of hydrogen-bond acceptors (Lipinski definition) is 6. The first-order valence-electron chi connectivity index (χ1n) is 27.8. The maximum absolute atomic E-state index is 12.9. The van der Waals surface area contributed by atoms with Crippen LogP contribution in [0.1, 0.15) is 296 Å². The molecule has 3 atom stereocenters. The van der Waals surface area contributed by atoms with E-state index in [1.54, 1.807) is 6.08 Å². The summed E-state index contributed by atoms with van der Waals surface area (Å²) in [5.74, 6) is -0.186. The molecule has 0 radical (unpaired) electrons. The number of allylic oxidation sites excluding steroid dienone is 1. The monoisotopic (exact) mass is 913 g/mol. The van der Waals surface area contributed by atoms with Crippen LogP contribution in [0.25, 0.3) is 0 Å². The fraction of sp³-hybridized carbons (Fsp3) is 0.944. The summed E-state index contributed by atoms with van der Waals surface area (Å²) in [5.41, 5.74) is 5.40. The second-order valence-electron chi connectivity index (χ2n) is 19.2. The minimum atomic E-state index is -4.34. The third-order valence-corrected chi connectivity index (χ3v) is 13.8. The number of phosphoric acid groups is 1. The standard InChI is InChI=1S/C54H109N2O6P/c1-3-5-7-9-11-13-15-17-19-21-23-25-26-28-30-32-34-36-38-40-42-44-46-48-54(58)56-52(51-62-63(59,60)61-50-49-55)53(57)47-45-43-41-39-37-35-33-31-29-27-24-22-20-18-16-14-12-10-8-6-4-2/h45,47,52-53,57H,3-44,46,48-51,55H2,1-2H3,(H,56,58)(H,59,60)/b47-45+. The van der Waals surface area contributed by atoms with Crippen molar-refractivity contribution >= 4 is 13.7 Å². The molecule has 1 amide bonds. The van der Waals surface area contributed by atoms with Crippen LogP contribution in [0.15, 0.2) is 12.2 Å². The molecule has 63 heavy (non-hydrogen) atoms. The number of nitrogens with two attached hydrogens (primary N) is 1. The second kappa shape index (κ2) is 50.6. The molecule has 0 bridgehead atoms. The Morgan fingerprint density at radius 2 is 0.810 bits per heavy atom. The molecule has 0 aromatic rings. The summed E-state index contributed by atoms with van der Waals surface area (Å²) in [7, 11) is -4.34. The average molecular weight is 913 g/mol. The molecule has 3 unspecified atom stereocenters. The summed E-state index contributed by atoms with van der Waals surface area (Å²) in [5, 5.41) is 13.8. The predicted octanol–water partition coefficient (Wildman–Crippen LogP) is 16.7. The Hall–Kier alpha value is -0.760. The summed E-state index contributed by atoms with van der Waals surface area (Å²) >= 11 is 0. The van der Waals surface area contributed by atoms with Crippen molar-refractivity contribution in [2.75, 3.05) is 19.8 Å². The SMILES string of the molecule is CCCCCCCCCCCCCCCCCCCCC/C=C/C(O)C(COP(=O)(O)OCCN)NC(=O)CCCCCCCCCCCCCCCCCCCCCCCCC. The molecule has 0 aliphatic rings. The largest absolute Gasteiger partial charge is 0.472 e. The van der Waals surface area contributed by atoms with E-state index in [4.69, 9.17) is 14.8 Å². The minimum absolute atomic E-state index is 0.0818. The highest BCUT2D eigenvalue weighted by Gasteiger charge is 2.27. The van der Waals surface area contributed by atoms with Crippen LogP contribution in [0, 0.1) is 0 Å². The molecule has 8 nitrogen and oxygen atoms in total. The van der Waals surface area contributed by atoms with Crippen LogP contribution < -0.4 is 11.1 Å². The maximum atomic E-state index is 12.9. The second-order valence-corrected chi connectivity index (χ2v) is 20.6. The van der Waals surface area contributed by atoms with Crippen molar-refractivity contribution in [1.29, 1.82) is 0 Å². The minimum Gasteiger partial charge on any atom is -0.387 e. The molecule has 0 rings (SSSR count). The lowest BCUT2D eigenvalue weighted by Gasteiger charge is -2.23. The molecule has 0 fully saturated rings. The zero-order valence-electron chi connectivity index (χ0n) is 42.1. The van der Waals surface area contributed by atoms with Crippen LogP contribution in [-0.2, 0) is 18.4 Å². The summed E-state index contributed by atoms with van der Waals surface area (Å²) < 4.78 is 22.3. The van der Waals surface area contributed by atoms with Crippen LogP contribution in [0.2, 0.25) is 0 Å². The van der Waals surface area contributed by atoms with Gasteiger partial charge in [0, 0.05) is 13.0 Å². The van der Waals surface area contributed by atoms with Crippen LogP contribution in [0.4, 0.5) is 0 Å². The number of hydrogen-bond donors (Lipinski definition) is 4. The van der Waals surface area contributed by atoms with Gasteiger partial charge in [-0.1, -0.05) is 283 Å². The van der Waals surface area contributed by atoms with Gasteiger partial charge in [0.25, 0.3) is 0 Å². The van der Waals surface area contributed by atoms with Gasteiger partial charge in [0.15, 0.2) is 0 Å². The number of unbranched alkanes of at least 4 members (excludes halogenated alkanes) is 41. The van der Waals surface area contributed by atoms with Gasteiger partial charge in [-0.15, -0.1) is 0 Å². The molecule has 0 aliphatic carbocycles. The van der Waals surface area contributed by atoms with Crippen LogP contribution in [-0.4, -0.2) is 47.8 Å². The van der Waals surface area contributed by atoms with Gasteiger partial charge in [0.1, 0.15) is 0 Å². The fourth-order valence-electron chi connectivity index (χ4n) is 8.67. The van der Waals surface area contributed by atoms with Crippen molar-refractivity contribution in [1.82, 2.24) is 5.32 Å². The lowest BCUT2D eigenvalue weighted by molar-refractivity contribution is -0.123. The molecule has 0 aromatic carbocycles. The molecule has 0 aromatic heterocycles. The van der Waals surface area contributed by atoms with E-state index in [1.807, 2.05) is 6.08 Å². The van der Waals surface area contributed by atoms with Gasteiger partial charge in [-0.05, 0) is 19.3 Å². The van der Waals surface area contributed by atoms with E-state index in [2.05, 4.69) is 19.2 Å². The van der Waals surface area contributed by atoms with E-state index in [0.29, 0.717) is 6.42 Å². The van der Waals surface area contributed by atoms with Crippen molar-refractivity contribution in [2.45, 2.75) is 309 Å². The quantitative estimate of drug-likeness (QED) is 0.0271. The van der Waals surface area contributed by atoms with Crippen LogP contribution >= 0.6 is 7.82 Å². The Kier molecular flexibility index (Phi) is 50.0. The first-order chi connectivity index (χ1) is 30.9. The average Bonchev–Trinajstić information content (AvgIpc) is 3.27. The Morgan fingerprint density at radius 3 is 1.13 bits per heavy atom. The van der Waals surface area contributed by atoms with Gasteiger partial charge in [0.2, 0.25) is 5.91 Å². The summed E-state index contributed by atoms with van der Waals surface area (Å²) in [6.07, 6.45) is 60.0. The molecule has 0 heterocycles. The van der Waals surface area contributed by atoms with Gasteiger partial charge in [0.05, 0.1) is 25.4 Å². The highest BCUT2D eigenvalue weighted by molar-refractivity contribution is 7.47. The normalized spacial score (nSPS) is 13.8. The van der Waals surface area contributed by atoms with Crippen molar-refractivity contribution < 1.29 is 28.4 Å². The molecule has 0 saturated heterocycles. The number of aliphatic hydroxyl groups excluding tert-OH is 1. The number of carbonyl (C=O) groups is 1. The third kappa shape index (κ3) is 49.0. The predicted molar refractivity (Wildman–Crippen MR) is 272 cm³/mol. The molecule has 376 valence electrons. The highest BCUT2D eigenvalue weighted by atomic mass is 31.2. The Bertz CT molecular complexity index is 999. The molecular formula is C54H109N2O6P. The van der Waals surface area contributed by atoms with E-state index >= 15 is 0 Å². The number of nitrogens with one attached hydrogen (secondary N) is 1. The van der Waals surface area contributed by atoms with Gasteiger partial charge in [-0.25, -0.2) is 4.57 Å². The van der Waals surface area contributed by atoms with E-state index in [-0.39, 0.29) is 25.7 Å². The lowest BCUT2D eigenvalue weighted by Crippen LogP contribution is -2.45. The van der Waals surface area contributed by atoms with E-state index < -0.39 is 20.0 Å². The van der Waals surface area contributed by atoms with E-state index in [9.17, 15) is 19.4 Å². The van der Waals surface area contributed by atoms with Gasteiger partial charge in [-0.3, -0.25) is 13.8 Å². The molecular weight excluding hydrogens is 804 g/mol. The maximum Gasteiger partial charge on any atom is 0.472 e. The lowest BCUT2D eigenvalue weighted by atomic mass is 10.0. The highest BCUT2D eigenvalue weighted by Crippen LogP contribution is 2.43. The number of aliphatic hydroxyl groups is 1. The number of carbonyl (C=O) groups excluding carboxylic acids is 1. The molecule has 0 saturated carbocycles. The smallest absolute Gasteiger partial charge is 0.387 e. The summed E-state index contributed by atoms with van der Waals surface area (Å²) in [6, 6.07) is -0.856. The van der Waals surface area contributed by atoms with Crippen molar-refractivity contribution in [2.24, 2.45) is 5.73 Å². The van der Waals surface area contributed by atoms with Crippen molar-refractivity contribution in [3.63, 3.8) is 0 Å². The molecule has 9 heteroatoms. The summed E-state index contributed by atoms with van der Waals surface area (Å²) in [4.78, 5) is 22.9. The van der Waals surface area contributed by atoms with E-state index in [1.165, 1.54) is 238 Å². The zero-order chi connectivity index (χ0) is 46.0. The number of amides is 1. The van der Waals surface area contributed by atoms with Crippen LogP contribution in [0.3, 0.4) is 0 Å². The van der Waals surface area contributed by atoms with Gasteiger partial charge in [-0.2, -0.15) is 0 Å². The van der Waals surface area contributed by atoms with Crippen molar-refractivity contribution in [3.05, 3.63) is 12.2 Å². The molecule has 0 spiro atoms. The Balaban J connectivity index is 4.00. The summed E-state index contributed by atoms with van der Waals surface area (Å²) in [6.45, 7) is 4.20. The number of rotatable bonds is 53. The molecule has 0 aliphatic heterocycles. The number of phosphoric ester groups is 1.